The van der Waals surface area contributed by atoms with Crippen molar-refractivity contribution in [3.8, 4) is 0 Å². The molecule has 0 fully saturated rings. The fourth-order valence-electron chi connectivity index (χ4n) is 3.55. The molecule has 144 valence electrons. The maximum Gasteiger partial charge on any atom is 0.254 e. The Bertz CT molecular complexity index is 835. The number of carbonyl (C=O) groups is 1. The Morgan fingerprint density at radius 1 is 1.15 bits per heavy atom. The van der Waals surface area contributed by atoms with Gasteiger partial charge in [0.15, 0.2) is 0 Å². The van der Waals surface area contributed by atoms with E-state index in [1.165, 1.54) is 36.1 Å². The van der Waals surface area contributed by atoms with Crippen LogP contribution in [0.2, 0.25) is 5.02 Å². The van der Waals surface area contributed by atoms with Crippen LogP contribution >= 0.6 is 11.6 Å². The number of anilines is 1. The van der Waals surface area contributed by atoms with Crippen molar-refractivity contribution >= 4 is 23.2 Å². The van der Waals surface area contributed by atoms with Crippen LogP contribution in [0.3, 0.4) is 0 Å². The summed E-state index contributed by atoms with van der Waals surface area (Å²) in [6.07, 6.45) is 5.70. The number of hydrogen-bond donors (Lipinski definition) is 2. The number of amides is 1. The number of fused-ring (bicyclic) bond motifs is 1. The molecule has 3 rings (SSSR count). The fraction of sp³-hybridized carbons (Fsp3) is 0.409. The molecular formula is C22H26ClFN2O. The van der Waals surface area contributed by atoms with Crippen molar-refractivity contribution in [2.24, 2.45) is 0 Å². The minimum absolute atomic E-state index is 0.0336. The number of hydrogen-bond acceptors (Lipinski definition) is 2. The van der Waals surface area contributed by atoms with Crippen LogP contribution in [-0.2, 0) is 19.4 Å². The molecule has 0 spiro atoms. The number of aryl methyl sites for hydroxylation is 1. The van der Waals surface area contributed by atoms with Crippen LogP contribution in [0.1, 0.15) is 60.2 Å². The Kier molecular flexibility index (Phi) is 6.38. The number of benzene rings is 2. The molecule has 0 atom stereocenters. The third-order valence-electron chi connectivity index (χ3n) is 4.90. The van der Waals surface area contributed by atoms with Gasteiger partial charge in [-0.25, -0.2) is 4.39 Å². The molecule has 1 amide bonds. The Balaban J connectivity index is 1.76. The van der Waals surface area contributed by atoms with Crippen LogP contribution in [0.4, 0.5) is 10.1 Å². The van der Waals surface area contributed by atoms with Crippen molar-refractivity contribution in [2.75, 3.05) is 5.32 Å². The molecule has 2 aromatic rings. The number of halogens is 2. The second-order valence-corrected chi connectivity index (χ2v) is 7.82. The van der Waals surface area contributed by atoms with E-state index in [0.29, 0.717) is 11.6 Å². The SMILES string of the molecule is CC(C)NC(=O)c1ccc(CNc2c(Cl)ccc3c2CCCCC3)cc1F. The summed E-state index contributed by atoms with van der Waals surface area (Å²) >= 11 is 6.44. The topological polar surface area (TPSA) is 41.1 Å². The molecule has 27 heavy (non-hydrogen) atoms. The molecule has 5 heteroatoms. The molecule has 0 saturated carbocycles. The number of rotatable bonds is 5. The molecule has 0 heterocycles. The minimum Gasteiger partial charge on any atom is -0.380 e. The predicted octanol–water partition coefficient (Wildman–Crippen LogP) is 5.50. The van der Waals surface area contributed by atoms with Crippen LogP contribution in [0, 0.1) is 5.82 Å². The zero-order valence-electron chi connectivity index (χ0n) is 15.9. The standard InChI is InChI=1S/C22H26ClFN2O/c1-14(2)26-22(27)18-10-8-15(12-20(18)24)13-25-21-17-7-5-3-4-6-16(17)9-11-19(21)23/h8-12,14,25H,3-7,13H2,1-2H3,(H,26,27). The largest absolute Gasteiger partial charge is 0.380 e. The van der Waals surface area contributed by atoms with Gasteiger partial charge >= 0.3 is 0 Å². The lowest BCUT2D eigenvalue weighted by molar-refractivity contribution is 0.0939. The van der Waals surface area contributed by atoms with E-state index in [2.05, 4.69) is 16.7 Å². The monoisotopic (exact) mass is 388 g/mol. The van der Waals surface area contributed by atoms with E-state index in [1.54, 1.807) is 6.07 Å². The summed E-state index contributed by atoms with van der Waals surface area (Å²) in [5.74, 6) is -0.899. The molecule has 1 aliphatic carbocycles. The highest BCUT2D eigenvalue weighted by atomic mass is 35.5. The minimum atomic E-state index is -0.509. The van der Waals surface area contributed by atoms with E-state index in [4.69, 9.17) is 11.6 Å². The third kappa shape index (κ3) is 4.81. The average Bonchev–Trinajstić information content (AvgIpc) is 2.86. The lowest BCUT2D eigenvalue weighted by Gasteiger charge is -2.17. The predicted molar refractivity (Wildman–Crippen MR) is 109 cm³/mol. The number of nitrogens with one attached hydrogen (secondary N) is 2. The first-order valence-electron chi connectivity index (χ1n) is 9.59. The van der Waals surface area contributed by atoms with Gasteiger partial charge in [-0.1, -0.05) is 30.2 Å². The third-order valence-corrected chi connectivity index (χ3v) is 5.21. The van der Waals surface area contributed by atoms with Gasteiger partial charge in [0, 0.05) is 12.6 Å². The summed E-state index contributed by atoms with van der Waals surface area (Å²) < 4.78 is 14.4. The Morgan fingerprint density at radius 3 is 2.67 bits per heavy atom. The molecule has 0 radical (unpaired) electrons. The summed E-state index contributed by atoms with van der Waals surface area (Å²) in [4.78, 5) is 12.0. The second-order valence-electron chi connectivity index (χ2n) is 7.42. The van der Waals surface area contributed by atoms with Crippen molar-refractivity contribution in [1.29, 1.82) is 0 Å². The van der Waals surface area contributed by atoms with Crippen LogP contribution in [0.25, 0.3) is 0 Å². The summed E-state index contributed by atoms with van der Waals surface area (Å²) in [6.45, 7) is 4.15. The van der Waals surface area contributed by atoms with Crippen molar-refractivity contribution in [3.05, 3.63) is 63.4 Å². The molecule has 0 saturated heterocycles. The first-order chi connectivity index (χ1) is 13.0. The maximum atomic E-state index is 14.4. The second kappa shape index (κ2) is 8.75. The molecule has 0 aromatic heterocycles. The highest BCUT2D eigenvalue weighted by molar-refractivity contribution is 6.33. The number of carbonyl (C=O) groups excluding carboxylic acids is 1. The molecule has 0 aliphatic heterocycles. The summed E-state index contributed by atoms with van der Waals surface area (Å²) in [6, 6.07) is 8.76. The maximum absolute atomic E-state index is 14.4. The Labute approximate surface area is 165 Å². The van der Waals surface area contributed by atoms with E-state index < -0.39 is 11.7 Å². The van der Waals surface area contributed by atoms with E-state index in [1.807, 2.05) is 19.9 Å². The molecule has 3 nitrogen and oxygen atoms in total. The van der Waals surface area contributed by atoms with Gasteiger partial charge in [-0.2, -0.15) is 0 Å². The zero-order valence-corrected chi connectivity index (χ0v) is 16.6. The summed E-state index contributed by atoms with van der Waals surface area (Å²) in [5.41, 5.74) is 4.44. The van der Waals surface area contributed by atoms with E-state index >= 15 is 0 Å². The quantitative estimate of drug-likeness (QED) is 0.664. The van der Waals surface area contributed by atoms with Gasteiger partial charge < -0.3 is 10.6 Å². The lowest BCUT2D eigenvalue weighted by atomic mass is 10.0. The van der Waals surface area contributed by atoms with Gasteiger partial charge in [0.2, 0.25) is 0 Å². The van der Waals surface area contributed by atoms with Gasteiger partial charge in [0.25, 0.3) is 5.91 Å². The van der Waals surface area contributed by atoms with E-state index in [0.717, 1.165) is 30.5 Å². The van der Waals surface area contributed by atoms with Crippen LogP contribution in [0.5, 0.6) is 0 Å². The highest BCUT2D eigenvalue weighted by Crippen LogP contribution is 2.33. The average molecular weight is 389 g/mol. The van der Waals surface area contributed by atoms with Crippen molar-refractivity contribution in [3.63, 3.8) is 0 Å². The highest BCUT2D eigenvalue weighted by Gasteiger charge is 2.16. The van der Waals surface area contributed by atoms with Crippen molar-refractivity contribution in [2.45, 2.75) is 58.5 Å². The molecule has 0 unspecified atom stereocenters. The fourth-order valence-corrected chi connectivity index (χ4v) is 3.79. The van der Waals surface area contributed by atoms with Gasteiger partial charge in [0.05, 0.1) is 16.3 Å². The smallest absolute Gasteiger partial charge is 0.254 e. The first kappa shape index (κ1) is 19.7. The van der Waals surface area contributed by atoms with Gasteiger partial charge in [-0.05, 0) is 74.4 Å². The Morgan fingerprint density at radius 2 is 1.93 bits per heavy atom. The van der Waals surface area contributed by atoms with Crippen molar-refractivity contribution < 1.29 is 9.18 Å². The molecule has 2 aromatic carbocycles. The van der Waals surface area contributed by atoms with Gasteiger partial charge in [-0.15, -0.1) is 0 Å². The van der Waals surface area contributed by atoms with Gasteiger partial charge in [0.1, 0.15) is 5.82 Å². The normalized spacial score (nSPS) is 13.8. The lowest BCUT2D eigenvalue weighted by Crippen LogP contribution is -2.30. The van der Waals surface area contributed by atoms with E-state index in [9.17, 15) is 9.18 Å². The van der Waals surface area contributed by atoms with Crippen LogP contribution in [0.15, 0.2) is 30.3 Å². The van der Waals surface area contributed by atoms with Crippen molar-refractivity contribution in [1.82, 2.24) is 5.32 Å². The van der Waals surface area contributed by atoms with Crippen LogP contribution in [-0.4, -0.2) is 11.9 Å². The van der Waals surface area contributed by atoms with Crippen LogP contribution < -0.4 is 10.6 Å². The summed E-state index contributed by atoms with van der Waals surface area (Å²) in [5, 5.41) is 6.81. The zero-order chi connectivity index (χ0) is 19.4. The van der Waals surface area contributed by atoms with Gasteiger partial charge in [-0.3, -0.25) is 4.79 Å². The van der Waals surface area contributed by atoms with E-state index in [-0.39, 0.29) is 11.6 Å². The molecule has 2 N–H and O–H groups in total. The Hall–Kier alpha value is -2.07. The summed E-state index contributed by atoms with van der Waals surface area (Å²) in [7, 11) is 0. The molecular weight excluding hydrogens is 363 g/mol. The molecule has 1 aliphatic rings. The molecule has 0 bridgehead atoms. The first-order valence-corrected chi connectivity index (χ1v) is 9.97.